The van der Waals surface area contributed by atoms with E-state index in [1.165, 1.54) is 0 Å². The van der Waals surface area contributed by atoms with E-state index in [2.05, 4.69) is 36.3 Å². The molecule has 192 valence electrons. The van der Waals surface area contributed by atoms with Crippen molar-refractivity contribution < 1.29 is 17.9 Å². The van der Waals surface area contributed by atoms with Crippen LogP contribution in [0.1, 0.15) is 31.2 Å². The molecule has 0 bridgehead atoms. The smallest absolute Gasteiger partial charge is 0.229 e. The van der Waals surface area contributed by atoms with Crippen molar-refractivity contribution in [3.8, 4) is 5.75 Å². The first-order valence-electron chi connectivity index (χ1n) is 11.9. The van der Waals surface area contributed by atoms with Crippen molar-refractivity contribution >= 4 is 39.9 Å². The number of aromatic nitrogens is 2. The van der Waals surface area contributed by atoms with Crippen LogP contribution in [0, 0.1) is 5.92 Å². The maximum absolute atomic E-state index is 11.0. The summed E-state index contributed by atoms with van der Waals surface area (Å²) in [7, 11) is -0.904. The maximum Gasteiger partial charge on any atom is 0.229 e. The van der Waals surface area contributed by atoms with Gasteiger partial charge in [0.15, 0.2) is 5.82 Å². The molecule has 1 aliphatic heterocycles. The van der Waals surface area contributed by atoms with Gasteiger partial charge in [0, 0.05) is 50.6 Å². The predicted molar refractivity (Wildman–Crippen MR) is 137 cm³/mol. The van der Waals surface area contributed by atoms with Gasteiger partial charge in [-0.2, -0.15) is 4.98 Å². The van der Waals surface area contributed by atoms with E-state index in [0.717, 1.165) is 62.3 Å². The summed E-state index contributed by atoms with van der Waals surface area (Å²) in [6.45, 7) is 4.18. The highest BCUT2D eigenvalue weighted by Gasteiger charge is 2.26. The van der Waals surface area contributed by atoms with E-state index in [-0.39, 0.29) is 12.0 Å². The van der Waals surface area contributed by atoms with Crippen molar-refractivity contribution in [3.05, 3.63) is 35.0 Å². The van der Waals surface area contributed by atoms with Crippen molar-refractivity contribution in [3.63, 3.8) is 0 Å². The molecule has 3 N–H and O–H groups in total. The van der Waals surface area contributed by atoms with Crippen LogP contribution in [0.25, 0.3) is 0 Å². The summed E-state index contributed by atoms with van der Waals surface area (Å²) in [5.41, 5.74) is 1.94. The SMILES string of the molecule is COCCN1CCOc2ccc(Nc3ncc(Cl)c(N[C@@H]4CCCC[C@@H]4CN[SH](=O)=O)n3)cc2C1. The highest BCUT2D eigenvalue weighted by molar-refractivity contribution is 7.70. The first kappa shape index (κ1) is 25.9. The summed E-state index contributed by atoms with van der Waals surface area (Å²) in [6, 6.07) is 6.04. The minimum absolute atomic E-state index is 0.0779. The Morgan fingerprint density at radius 1 is 1.29 bits per heavy atom. The fourth-order valence-corrected chi connectivity index (χ4v) is 5.13. The van der Waals surface area contributed by atoms with Crippen molar-refractivity contribution in [2.24, 2.45) is 5.92 Å². The zero-order chi connectivity index (χ0) is 24.6. The molecular weight excluding hydrogens is 492 g/mol. The van der Waals surface area contributed by atoms with Crippen molar-refractivity contribution in [2.75, 3.05) is 50.6 Å². The number of thiol groups is 1. The van der Waals surface area contributed by atoms with E-state index in [0.29, 0.717) is 36.5 Å². The number of ether oxygens (including phenoxy) is 2. The lowest BCUT2D eigenvalue weighted by molar-refractivity contribution is 0.138. The molecule has 4 rings (SSSR count). The first-order chi connectivity index (χ1) is 17.0. The van der Waals surface area contributed by atoms with E-state index in [4.69, 9.17) is 21.1 Å². The van der Waals surface area contributed by atoms with Gasteiger partial charge in [0.05, 0.1) is 12.8 Å². The third kappa shape index (κ3) is 7.40. The second kappa shape index (κ2) is 12.7. The van der Waals surface area contributed by atoms with Gasteiger partial charge < -0.3 is 20.1 Å². The Morgan fingerprint density at radius 3 is 2.97 bits per heavy atom. The molecule has 2 atom stereocenters. The van der Waals surface area contributed by atoms with Gasteiger partial charge in [-0.25, -0.2) is 18.1 Å². The molecule has 0 spiro atoms. The van der Waals surface area contributed by atoms with Gasteiger partial charge in [0.25, 0.3) is 0 Å². The third-order valence-corrected chi connectivity index (χ3v) is 7.16. The number of fused-ring (bicyclic) bond motifs is 1. The molecule has 2 aromatic rings. The molecule has 0 radical (unpaired) electrons. The van der Waals surface area contributed by atoms with E-state index < -0.39 is 10.9 Å². The number of nitrogens with one attached hydrogen (secondary N) is 3. The van der Waals surface area contributed by atoms with Gasteiger partial charge in [-0.15, -0.1) is 0 Å². The summed E-state index contributed by atoms with van der Waals surface area (Å²) in [4.78, 5) is 11.3. The predicted octanol–water partition coefficient (Wildman–Crippen LogP) is 2.80. The Kier molecular flexibility index (Phi) is 9.38. The molecule has 1 fully saturated rings. The summed E-state index contributed by atoms with van der Waals surface area (Å²) in [5, 5.41) is 7.13. The summed E-state index contributed by atoms with van der Waals surface area (Å²) in [5.74, 6) is 2.02. The van der Waals surface area contributed by atoms with Crippen LogP contribution in [0.3, 0.4) is 0 Å². The Labute approximate surface area is 212 Å². The molecule has 2 aliphatic rings. The van der Waals surface area contributed by atoms with Crippen LogP contribution < -0.4 is 20.1 Å². The number of hydrogen-bond acceptors (Lipinski definition) is 9. The number of hydrogen-bond donors (Lipinski definition) is 4. The second-order valence-corrected chi connectivity index (χ2v) is 10.1. The largest absolute Gasteiger partial charge is 0.492 e. The second-order valence-electron chi connectivity index (χ2n) is 8.87. The number of rotatable bonds is 10. The summed E-state index contributed by atoms with van der Waals surface area (Å²) >= 11 is 6.40. The Hall–Kier alpha value is -2.18. The summed E-state index contributed by atoms with van der Waals surface area (Å²) in [6.07, 6.45) is 5.60. The molecule has 0 amide bonds. The number of benzene rings is 1. The monoisotopic (exact) mass is 524 g/mol. The van der Waals surface area contributed by atoms with Crippen molar-refractivity contribution in [1.82, 2.24) is 19.6 Å². The van der Waals surface area contributed by atoms with E-state index in [1.807, 2.05) is 12.1 Å². The molecule has 0 saturated heterocycles. The molecule has 2 heterocycles. The standard InChI is InChI=1S/C23H33ClN6O4S/c1-33-10-8-30-9-11-34-21-7-6-18(12-17(21)15-30)27-23-25-14-19(24)22(29-23)28-20-5-3-2-4-16(20)13-26-35(31)32/h6-7,12,14,16,20,35H,2-5,8-11,13,15H2,1H3,(H,26,31,32)(H2,25,27,28,29)/t16-,20-/m1/s1. The lowest BCUT2D eigenvalue weighted by Crippen LogP contribution is -2.38. The fraction of sp³-hybridized carbons (Fsp3) is 0.565. The van der Waals surface area contributed by atoms with Crippen LogP contribution in [-0.4, -0.2) is 69.3 Å². The Bertz CT molecular complexity index is 1060. The van der Waals surface area contributed by atoms with Crippen LogP contribution in [0.15, 0.2) is 24.4 Å². The molecular formula is C23H33ClN6O4S. The van der Waals surface area contributed by atoms with Gasteiger partial charge in [-0.1, -0.05) is 24.4 Å². The third-order valence-electron chi connectivity index (χ3n) is 6.45. The highest BCUT2D eigenvalue weighted by Crippen LogP contribution is 2.31. The summed E-state index contributed by atoms with van der Waals surface area (Å²) < 4.78 is 35.7. The average molecular weight is 525 g/mol. The van der Waals surface area contributed by atoms with Crippen LogP contribution in [0.2, 0.25) is 5.02 Å². The van der Waals surface area contributed by atoms with Crippen molar-refractivity contribution in [1.29, 1.82) is 0 Å². The quantitative estimate of drug-likeness (QED) is 0.348. The fourth-order valence-electron chi connectivity index (χ4n) is 4.60. The number of anilines is 3. The highest BCUT2D eigenvalue weighted by atomic mass is 35.5. The molecule has 1 aromatic carbocycles. The van der Waals surface area contributed by atoms with E-state index in [9.17, 15) is 8.42 Å². The number of nitrogens with zero attached hydrogens (tertiary/aromatic N) is 3. The first-order valence-corrected chi connectivity index (χ1v) is 13.5. The van der Waals surface area contributed by atoms with E-state index in [1.54, 1.807) is 13.3 Å². The van der Waals surface area contributed by atoms with Gasteiger partial charge in [-0.3, -0.25) is 4.90 Å². The molecule has 0 unspecified atom stereocenters. The van der Waals surface area contributed by atoms with Gasteiger partial charge in [0.2, 0.25) is 16.8 Å². The van der Waals surface area contributed by atoms with Gasteiger partial charge in [-0.05, 0) is 37.0 Å². The van der Waals surface area contributed by atoms with Crippen LogP contribution in [0.4, 0.5) is 17.5 Å². The maximum atomic E-state index is 11.0. The zero-order valence-corrected chi connectivity index (χ0v) is 21.5. The average Bonchev–Trinajstić information content (AvgIpc) is 3.05. The normalized spacial score (nSPS) is 20.7. The molecule has 10 nitrogen and oxygen atoms in total. The topological polar surface area (TPSA) is 118 Å². The van der Waals surface area contributed by atoms with E-state index >= 15 is 0 Å². The minimum atomic E-state index is -2.61. The van der Waals surface area contributed by atoms with Gasteiger partial charge in [0.1, 0.15) is 17.4 Å². The minimum Gasteiger partial charge on any atom is -0.492 e. The molecule has 12 heteroatoms. The molecule has 35 heavy (non-hydrogen) atoms. The number of halogens is 1. The lowest BCUT2D eigenvalue weighted by Gasteiger charge is -2.32. The number of methoxy groups -OCH3 is 1. The van der Waals surface area contributed by atoms with Gasteiger partial charge >= 0.3 is 0 Å². The van der Waals surface area contributed by atoms with Crippen LogP contribution in [-0.2, 0) is 22.2 Å². The zero-order valence-electron chi connectivity index (χ0n) is 19.8. The van der Waals surface area contributed by atoms with Crippen LogP contribution in [0.5, 0.6) is 5.75 Å². The molecule has 1 aliphatic carbocycles. The Balaban J connectivity index is 1.46. The van der Waals surface area contributed by atoms with Crippen LogP contribution >= 0.6 is 11.6 Å². The van der Waals surface area contributed by atoms with Crippen molar-refractivity contribution in [2.45, 2.75) is 38.3 Å². The molecule has 1 saturated carbocycles. The lowest BCUT2D eigenvalue weighted by atomic mass is 9.84. The Morgan fingerprint density at radius 2 is 2.14 bits per heavy atom. The molecule has 1 aromatic heterocycles.